The van der Waals surface area contributed by atoms with Gasteiger partial charge in [-0.3, -0.25) is 10.1 Å². The Kier molecular flexibility index (Phi) is 4.85. The first kappa shape index (κ1) is 14.7. The van der Waals surface area contributed by atoms with Gasteiger partial charge in [0.25, 0.3) is 0 Å². The van der Waals surface area contributed by atoms with Crippen molar-refractivity contribution in [3.05, 3.63) is 27.4 Å². The first-order valence-corrected chi connectivity index (χ1v) is 7.65. The van der Waals surface area contributed by atoms with E-state index in [4.69, 9.17) is 0 Å². The Morgan fingerprint density at radius 3 is 2.90 bits per heavy atom. The number of nitrogens with zero attached hydrogens (tertiary/aromatic N) is 4. The minimum absolute atomic E-state index is 0.107. The van der Waals surface area contributed by atoms with Crippen LogP contribution in [0.25, 0.3) is 0 Å². The molecule has 0 saturated carbocycles. The molecule has 0 radical (unpaired) electrons. The first-order valence-electron chi connectivity index (χ1n) is 5.95. The monoisotopic (exact) mass is 311 g/mol. The molecule has 0 unspecified atom stereocenters. The van der Waals surface area contributed by atoms with Crippen molar-refractivity contribution >= 4 is 34.7 Å². The van der Waals surface area contributed by atoms with Gasteiger partial charge in [-0.05, 0) is 25.1 Å². The summed E-state index contributed by atoms with van der Waals surface area (Å²) >= 11 is 2.62. The highest BCUT2D eigenvalue weighted by atomic mass is 32.2. The average molecular weight is 311 g/mol. The minimum atomic E-state index is -0.480. The second kappa shape index (κ2) is 6.62. The summed E-state index contributed by atoms with van der Waals surface area (Å²) in [6.45, 7) is 4.62. The number of nitrogens with one attached hydrogen (secondary N) is 1. The number of aryl methyl sites for hydroxylation is 1. The zero-order chi connectivity index (χ0) is 14.5. The predicted molar refractivity (Wildman–Crippen MR) is 78.4 cm³/mol. The molecule has 0 aliphatic heterocycles. The molecule has 0 fully saturated rings. The number of hydrogen-bond donors (Lipinski definition) is 1. The van der Waals surface area contributed by atoms with Crippen LogP contribution < -0.4 is 5.32 Å². The van der Waals surface area contributed by atoms with E-state index in [9.17, 15) is 10.1 Å². The van der Waals surface area contributed by atoms with Crippen molar-refractivity contribution in [2.45, 2.75) is 29.6 Å². The zero-order valence-electron chi connectivity index (χ0n) is 11.0. The molecule has 0 amide bonds. The molecular weight excluding hydrogens is 298 g/mol. The third-order valence-corrected chi connectivity index (χ3v) is 4.30. The molecule has 0 saturated heterocycles. The Morgan fingerprint density at radius 1 is 1.50 bits per heavy atom. The molecule has 2 aromatic heterocycles. The van der Waals surface area contributed by atoms with Crippen LogP contribution >= 0.6 is 23.1 Å². The highest BCUT2D eigenvalue weighted by Crippen LogP contribution is 2.34. The second-order valence-electron chi connectivity index (χ2n) is 3.92. The fourth-order valence-corrected chi connectivity index (χ4v) is 3.16. The molecule has 1 N–H and O–H groups in total. The fourth-order valence-electron chi connectivity index (χ4n) is 1.34. The molecule has 9 heteroatoms. The van der Waals surface area contributed by atoms with Crippen LogP contribution in [0.4, 0.5) is 11.6 Å². The van der Waals surface area contributed by atoms with Crippen molar-refractivity contribution in [1.29, 1.82) is 0 Å². The minimum Gasteiger partial charge on any atom is -0.354 e. The van der Waals surface area contributed by atoms with E-state index in [1.54, 1.807) is 0 Å². The van der Waals surface area contributed by atoms with Gasteiger partial charge in [0, 0.05) is 17.6 Å². The van der Waals surface area contributed by atoms with Gasteiger partial charge in [-0.15, -0.1) is 11.3 Å². The number of hydrogen-bond acceptors (Lipinski definition) is 8. The first-order chi connectivity index (χ1) is 9.60. The lowest BCUT2D eigenvalue weighted by molar-refractivity contribution is -0.388. The quantitative estimate of drug-likeness (QED) is 0.497. The average Bonchev–Trinajstić information content (AvgIpc) is 2.81. The normalized spacial score (nSPS) is 10.5. The number of anilines is 1. The van der Waals surface area contributed by atoms with E-state index in [0.29, 0.717) is 11.0 Å². The number of rotatable bonds is 6. The largest absolute Gasteiger partial charge is 0.354 e. The van der Waals surface area contributed by atoms with Crippen molar-refractivity contribution in [3.63, 3.8) is 0 Å². The van der Waals surface area contributed by atoms with Crippen LogP contribution in [0.5, 0.6) is 0 Å². The van der Waals surface area contributed by atoms with Crippen LogP contribution in [0.15, 0.2) is 20.9 Å². The SMILES string of the molecule is CCCNc1ncc([N+](=O)[O-])c(Sc2nc(C)cs2)n1. The van der Waals surface area contributed by atoms with Gasteiger partial charge in [0.05, 0.1) is 4.92 Å². The molecular formula is C11H13N5O2S2. The summed E-state index contributed by atoms with van der Waals surface area (Å²) in [6, 6.07) is 0. The van der Waals surface area contributed by atoms with Gasteiger partial charge in [-0.2, -0.15) is 4.98 Å². The Balaban J connectivity index is 2.28. The van der Waals surface area contributed by atoms with Gasteiger partial charge in [-0.1, -0.05) is 6.92 Å². The molecule has 0 spiro atoms. The topological polar surface area (TPSA) is 93.8 Å². The summed E-state index contributed by atoms with van der Waals surface area (Å²) in [5.74, 6) is 0.397. The fraction of sp³-hybridized carbons (Fsp3) is 0.364. The molecule has 0 aliphatic carbocycles. The van der Waals surface area contributed by atoms with Crippen molar-refractivity contribution in [1.82, 2.24) is 15.0 Å². The van der Waals surface area contributed by atoms with E-state index in [1.165, 1.54) is 29.3 Å². The lowest BCUT2D eigenvalue weighted by Crippen LogP contribution is -2.06. The predicted octanol–water partition coefficient (Wildman–Crippen LogP) is 3.12. The Morgan fingerprint density at radius 2 is 2.30 bits per heavy atom. The Labute approximate surface area is 124 Å². The second-order valence-corrected chi connectivity index (χ2v) is 6.02. The van der Waals surface area contributed by atoms with Crippen LogP contribution in [0.1, 0.15) is 19.0 Å². The molecule has 2 heterocycles. The summed E-state index contributed by atoms with van der Waals surface area (Å²) in [4.78, 5) is 23.0. The van der Waals surface area contributed by atoms with Crippen molar-refractivity contribution in [2.24, 2.45) is 0 Å². The van der Waals surface area contributed by atoms with Gasteiger partial charge in [-0.25, -0.2) is 9.97 Å². The third-order valence-electron chi connectivity index (χ3n) is 2.25. The number of thiazole rings is 1. The summed E-state index contributed by atoms with van der Waals surface area (Å²) in [5.41, 5.74) is 0.781. The van der Waals surface area contributed by atoms with Crippen LogP contribution in [0, 0.1) is 17.0 Å². The maximum absolute atomic E-state index is 11.0. The summed E-state index contributed by atoms with van der Waals surface area (Å²) < 4.78 is 0.728. The zero-order valence-corrected chi connectivity index (χ0v) is 12.6. The van der Waals surface area contributed by atoms with Crippen molar-refractivity contribution < 1.29 is 4.92 Å². The highest BCUT2D eigenvalue weighted by Gasteiger charge is 2.19. The molecule has 0 bridgehead atoms. The maximum Gasteiger partial charge on any atom is 0.320 e. The van der Waals surface area contributed by atoms with Gasteiger partial charge < -0.3 is 5.32 Å². The molecule has 7 nitrogen and oxygen atoms in total. The maximum atomic E-state index is 11.0. The number of nitro groups is 1. The Hall–Kier alpha value is -1.74. The molecule has 2 aromatic rings. The van der Waals surface area contributed by atoms with Crippen molar-refractivity contribution in [2.75, 3.05) is 11.9 Å². The van der Waals surface area contributed by atoms with Gasteiger partial charge in [0.1, 0.15) is 6.20 Å². The van der Waals surface area contributed by atoms with E-state index in [1.807, 2.05) is 19.2 Å². The summed E-state index contributed by atoms with van der Waals surface area (Å²) in [7, 11) is 0. The standard InChI is InChI=1S/C11H13N5O2S2/c1-3-4-12-10-13-5-8(16(17)18)9(15-10)20-11-14-7(2)6-19-11/h5-6H,3-4H2,1-2H3,(H,12,13,15). The van der Waals surface area contributed by atoms with E-state index >= 15 is 0 Å². The molecule has 0 aromatic carbocycles. The highest BCUT2D eigenvalue weighted by molar-refractivity contribution is 8.01. The van der Waals surface area contributed by atoms with Crippen LogP contribution in [0.2, 0.25) is 0 Å². The lowest BCUT2D eigenvalue weighted by Gasteiger charge is -2.04. The van der Waals surface area contributed by atoms with Crippen LogP contribution in [-0.4, -0.2) is 26.4 Å². The molecule has 20 heavy (non-hydrogen) atoms. The molecule has 2 rings (SSSR count). The van der Waals surface area contributed by atoms with E-state index in [0.717, 1.165) is 23.0 Å². The van der Waals surface area contributed by atoms with Crippen LogP contribution in [-0.2, 0) is 0 Å². The smallest absolute Gasteiger partial charge is 0.320 e. The van der Waals surface area contributed by atoms with Crippen LogP contribution in [0.3, 0.4) is 0 Å². The molecule has 0 aliphatic rings. The van der Waals surface area contributed by atoms with Gasteiger partial charge in [0.15, 0.2) is 9.37 Å². The van der Waals surface area contributed by atoms with E-state index in [2.05, 4.69) is 20.3 Å². The van der Waals surface area contributed by atoms with Gasteiger partial charge in [0.2, 0.25) is 5.95 Å². The Bertz CT molecular complexity index is 617. The van der Waals surface area contributed by atoms with Gasteiger partial charge >= 0.3 is 5.69 Å². The molecule has 106 valence electrons. The lowest BCUT2D eigenvalue weighted by atomic mass is 10.5. The summed E-state index contributed by atoms with van der Waals surface area (Å²) in [6.07, 6.45) is 2.16. The number of aromatic nitrogens is 3. The van der Waals surface area contributed by atoms with E-state index < -0.39 is 4.92 Å². The van der Waals surface area contributed by atoms with Crippen molar-refractivity contribution in [3.8, 4) is 0 Å². The summed E-state index contributed by atoms with van der Waals surface area (Å²) in [5, 5.41) is 16.2. The van der Waals surface area contributed by atoms with E-state index in [-0.39, 0.29) is 5.69 Å². The molecule has 0 atom stereocenters. The third kappa shape index (κ3) is 3.64.